The van der Waals surface area contributed by atoms with Crippen LogP contribution in [0.3, 0.4) is 0 Å². The van der Waals surface area contributed by atoms with E-state index in [0.717, 1.165) is 35.8 Å². The molecule has 0 aliphatic heterocycles. The molecule has 0 unspecified atom stereocenters. The summed E-state index contributed by atoms with van der Waals surface area (Å²) in [5, 5.41) is 3.50. The van der Waals surface area contributed by atoms with Crippen molar-refractivity contribution in [2.75, 3.05) is 26.2 Å². The van der Waals surface area contributed by atoms with Crippen molar-refractivity contribution < 1.29 is 0 Å². The molecule has 0 saturated heterocycles. The quantitative estimate of drug-likeness (QED) is 0.691. The molecule has 0 amide bonds. The van der Waals surface area contributed by atoms with Crippen molar-refractivity contribution in [3.05, 3.63) is 21.3 Å². The number of halogens is 1. The number of hydrogen-bond donors (Lipinski definition) is 1. The van der Waals surface area contributed by atoms with Crippen LogP contribution in [0.1, 0.15) is 32.6 Å². The molecule has 1 rings (SSSR count). The van der Waals surface area contributed by atoms with E-state index in [1.54, 1.807) is 11.3 Å². The van der Waals surface area contributed by atoms with Gasteiger partial charge in [-0.1, -0.05) is 39.3 Å². The highest BCUT2D eigenvalue weighted by molar-refractivity contribution is 7.16. The second-order valence-corrected chi connectivity index (χ2v) is 7.73. The van der Waals surface area contributed by atoms with Gasteiger partial charge in [0.15, 0.2) is 0 Å². The smallest absolute Gasteiger partial charge is 0.0931 e. The SMILES string of the molecule is CC(C)CN(CCNCc1ccc(Cl)s1)CC(C)C. The Morgan fingerprint density at radius 2 is 1.79 bits per heavy atom. The van der Waals surface area contributed by atoms with Crippen LogP contribution in [0.2, 0.25) is 4.34 Å². The van der Waals surface area contributed by atoms with Crippen LogP contribution >= 0.6 is 22.9 Å². The fraction of sp³-hybridized carbons (Fsp3) is 0.733. The van der Waals surface area contributed by atoms with Gasteiger partial charge >= 0.3 is 0 Å². The molecular weight excluding hydrogens is 276 g/mol. The van der Waals surface area contributed by atoms with Gasteiger partial charge in [-0.3, -0.25) is 0 Å². The second-order valence-electron chi connectivity index (χ2n) is 5.93. The third kappa shape index (κ3) is 7.93. The van der Waals surface area contributed by atoms with Gasteiger partial charge in [0.25, 0.3) is 0 Å². The van der Waals surface area contributed by atoms with Crippen LogP contribution in [0.5, 0.6) is 0 Å². The molecule has 0 radical (unpaired) electrons. The Balaban J connectivity index is 2.23. The maximum Gasteiger partial charge on any atom is 0.0931 e. The number of hydrogen-bond acceptors (Lipinski definition) is 3. The number of nitrogens with one attached hydrogen (secondary N) is 1. The van der Waals surface area contributed by atoms with E-state index in [-0.39, 0.29) is 0 Å². The summed E-state index contributed by atoms with van der Waals surface area (Å²) in [6, 6.07) is 4.06. The minimum absolute atomic E-state index is 0.731. The molecule has 1 aromatic heterocycles. The van der Waals surface area contributed by atoms with Gasteiger partial charge < -0.3 is 10.2 Å². The first-order valence-corrected chi connectivity index (χ1v) is 8.34. The van der Waals surface area contributed by atoms with E-state index in [1.165, 1.54) is 18.0 Å². The third-order valence-electron chi connectivity index (χ3n) is 2.78. The lowest BCUT2D eigenvalue weighted by Crippen LogP contribution is -2.36. The molecule has 0 bridgehead atoms. The Bertz CT molecular complexity index is 340. The predicted molar refractivity (Wildman–Crippen MR) is 87.2 cm³/mol. The first-order valence-electron chi connectivity index (χ1n) is 7.14. The van der Waals surface area contributed by atoms with E-state index in [1.807, 2.05) is 6.07 Å². The highest BCUT2D eigenvalue weighted by Crippen LogP contribution is 2.20. The van der Waals surface area contributed by atoms with Gasteiger partial charge in [0, 0.05) is 37.6 Å². The molecule has 1 heterocycles. The standard InChI is InChI=1S/C15H27ClN2S/c1-12(2)10-18(11-13(3)4)8-7-17-9-14-5-6-15(16)19-14/h5-6,12-13,17H,7-11H2,1-4H3. The molecule has 1 N–H and O–H groups in total. The zero-order valence-corrected chi connectivity index (χ0v) is 14.2. The average Bonchev–Trinajstić information content (AvgIpc) is 2.68. The molecule has 0 spiro atoms. The van der Waals surface area contributed by atoms with Crippen molar-refractivity contribution in [1.29, 1.82) is 0 Å². The molecule has 0 saturated carbocycles. The van der Waals surface area contributed by atoms with Gasteiger partial charge in [0.2, 0.25) is 0 Å². The maximum atomic E-state index is 5.92. The summed E-state index contributed by atoms with van der Waals surface area (Å²) >= 11 is 7.58. The largest absolute Gasteiger partial charge is 0.311 e. The van der Waals surface area contributed by atoms with E-state index in [4.69, 9.17) is 11.6 Å². The second kappa shape index (κ2) is 8.96. The molecule has 0 aliphatic rings. The van der Waals surface area contributed by atoms with Crippen LogP contribution in [0.15, 0.2) is 12.1 Å². The Labute approximate surface area is 127 Å². The lowest BCUT2D eigenvalue weighted by molar-refractivity contribution is 0.219. The Morgan fingerprint density at radius 3 is 2.26 bits per heavy atom. The summed E-state index contributed by atoms with van der Waals surface area (Å²) in [4.78, 5) is 3.87. The minimum Gasteiger partial charge on any atom is -0.311 e. The monoisotopic (exact) mass is 302 g/mol. The topological polar surface area (TPSA) is 15.3 Å². The van der Waals surface area contributed by atoms with E-state index < -0.39 is 0 Å². The van der Waals surface area contributed by atoms with Gasteiger partial charge in [-0.05, 0) is 24.0 Å². The fourth-order valence-corrected chi connectivity index (χ4v) is 3.24. The molecule has 2 nitrogen and oxygen atoms in total. The van der Waals surface area contributed by atoms with Crippen molar-refractivity contribution in [2.45, 2.75) is 34.2 Å². The van der Waals surface area contributed by atoms with Crippen molar-refractivity contribution in [3.8, 4) is 0 Å². The number of thiophene rings is 1. The first kappa shape index (κ1) is 17.0. The van der Waals surface area contributed by atoms with E-state index in [0.29, 0.717) is 0 Å². The molecule has 0 fully saturated rings. The zero-order valence-electron chi connectivity index (χ0n) is 12.6. The zero-order chi connectivity index (χ0) is 14.3. The molecule has 19 heavy (non-hydrogen) atoms. The number of rotatable bonds is 9. The lowest BCUT2D eigenvalue weighted by Gasteiger charge is -2.26. The van der Waals surface area contributed by atoms with Crippen molar-refractivity contribution in [2.24, 2.45) is 11.8 Å². The molecule has 0 atom stereocenters. The van der Waals surface area contributed by atoms with Gasteiger partial charge in [-0.2, -0.15) is 0 Å². The van der Waals surface area contributed by atoms with Gasteiger partial charge in [-0.25, -0.2) is 0 Å². The molecular formula is C15H27ClN2S. The third-order valence-corrected chi connectivity index (χ3v) is 4.01. The summed E-state index contributed by atoms with van der Waals surface area (Å²) in [7, 11) is 0. The Kier molecular flexibility index (Phi) is 8.00. The maximum absolute atomic E-state index is 5.92. The highest BCUT2D eigenvalue weighted by atomic mass is 35.5. The average molecular weight is 303 g/mol. The van der Waals surface area contributed by atoms with Crippen molar-refractivity contribution in [1.82, 2.24) is 10.2 Å². The van der Waals surface area contributed by atoms with Gasteiger partial charge in [0.1, 0.15) is 0 Å². The van der Waals surface area contributed by atoms with Gasteiger partial charge in [-0.15, -0.1) is 11.3 Å². The van der Waals surface area contributed by atoms with Crippen LogP contribution in [-0.4, -0.2) is 31.1 Å². The molecule has 0 aromatic carbocycles. The van der Waals surface area contributed by atoms with Crippen molar-refractivity contribution in [3.63, 3.8) is 0 Å². The number of nitrogens with zero attached hydrogens (tertiary/aromatic N) is 1. The Hall–Kier alpha value is -0.0900. The molecule has 0 aliphatic carbocycles. The van der Waals surface area contributed by atoms with Crippen LogP contribution < -0.4 is 5.32 Å². The lowest BCUT2D eigenvalue weighted by atomic mass is 10.1. The summed E-state index contributed by atoms with van der Waals surface area (Å²) < 4.78 is 0.873. The summed E-state index contributed by atoms with van der Waals surface area (Å²) in [5.74, 6) is 1.46. The Morgan fingerprint density at radius 1 is 1.16 bits per heavy atom. The highest BCUT2D eigenvalue weighted by Gasteiger charge is 2.08. The van der Waals surface area contributed by atoms with E-state index in [9.17, 15) is 0 Å². The van der Waals surface area contributed by atoms with Crippen LogP contribution in [0.4, 0.5) is 0 Å². The summed E-state index contributed by atoms with van der Waals surface area (Å²) in [6.07, 6.45) is 0. The van der Waals surface area contributed by atoms with E-state index in [2.05, 4.69) is 44.0 Å². The summed E-state index contributed by atoms with van der Waals surface area (Å²) in [6.45, 7) is 14.6. The predicted octanol–water partition coefficient (Wildman–Crippen LogP) is 4.11. The molecule has 110 valence electrons. The fourth-order valence-electron chi connectivity index (χ4n) is 2.19. The van der Waals surface area contributed by atoms with Crippen LogP contribution in [0.25, 0.3) is 0 Å². The minimum atomic E-state index is 0.731. The first-order chi connectivity index (χ1) is 8.97. The van der Waals surface area contributed by atoms with Crippen LogP contribution in [0, 0.1) is 11.8 Å². The van der Waals surface area contributed by atoms with Crippen LogP contribution in [-0.2, 0) is 6.54 Å². The summed E-state index contributed by atoms with van der Waals surface area (Å²) in [5.41, 5.74) is 0. The van der Waals surface area contributed by atoms with Gasteiger partial charge in [0.05, 0.1) is 4.34 Å². The normalized spacial score (nSPS) is 12.0. The molecule has 4 heteroatoms. The van der Waals surface area contributed by atoms with Crippen molar-refractivity contribution >= 4 is 22.9 Å². The van der Waals surface area contributed by atoms with E-state index >= 15 is 0 Å². The molecule has 1 aromatic rings.